The average Bonchev–Trinajstić information content (AvgIpc) is 2.85. The summed E-state index contributed by atoms with van der Waals surface area (Å²) in [4.78, 5) is 26.3. The predicted molar refractivity (Wildman–Crippen MR) is 138 cm³/mol. The van der Waals surface area contributed by atoms with E-state index in [2.05, 4.69) is 18.1 Å². The maximum atomic E-state index is 12.1. The molecule has 2 rings (SSSR count). The Morgan fingerprint density at radius 2 is 1.35 bits per heavy atom. The second-order valence-electron chi connectivity index (χ2n) is 7.87. The van der Waals surface area contributed by atoms with Crippen molar-refractivity contribution in [1.29, 1.82) is 0 Å². The van der Waals surface area contributed by atoms with E-state index in [1.807, 2.05) is 60.7 Å². The molecule has 2 aromatic carbocycles. The first kappa shape index (κ1) is 26.8. The number of nitrogens with zero attached hydrogens (tertiary/aromatic N) is 1. The molecule has 0 radical (unpaired) electrons. The normalized spacial score (nSPS) is 11.9. The number of rotatable bonds is 14. The lowest BCUT2D eigenvalue weighted by Gasteiger charge is -2.31. The van der Waals surface area contributed by atoms with E-state index in [0.717, 1.165) is 22.3 Å². The highest BCUT2D eigenvalue weighted by Gasteiger charge is 2.21. The van der Waals surface area contributed by atoms with Crippen LogP contribution in [-0.4, -0.2) is 49.2 Å². The summed E-state index contributed by atoms with van der Waals surface area (Å²) in [6.07, 6.45) is 3.95. The highest BCUT2D eigenvalue weighted by molar-refractivity contribution is 5.82. The number of hydrogen-bond donors (Lipinski definition) is 0. The lowest BCUT2D eigenvalue weighted by atomic mass is 10.0. The molecule has 5 nitrogen and oxygen atoms in total. The first-order valence-corrected chi connectivity index (χ1v) is 11.7. The second-order valence-corrected chi connectivity index (χ2v) is 7.87. The summed E-state index contributed by atoms with van der Waals surface area (Å²) in [7, 11) is 0. The van der Waals surface area contributed by atoms with Gasteiger partial charge in [-0.2, -0.15) is 0 Å². The van der Waals surface area contributed by atoms with Crippen molar-refractivity contribution in [3.8, 4) is 0 Å². The minimum atomic E-state index is -0.410. The van der Waals surface area contributed by atoms with Gasteiger partial charge in [-0.3, -0.25) is 9.69 Å². The SMILES string of the molecule is C=C(CN(CC(=C)c1ccccc1)C(/C=C/C(=O)OCC)CCC(=O)OCC)c1ccccc1. The van der Waals surface area contributed by atoms with Gasteiger partial charge in [-0.05, 0) is 42.5 Å². The van der Waals surface area contributed by atoms with Crippen LogP contribution in [0.25, 0.3) is 11.1 Å². The third-order valence-corrected chi connectivity index (χ3v) is 5.31. The molecular weight excluding hydrogens is 426 g/mol. The number of hydrogen-bond acceptors (Lipinski definition) is 5. The molecule has 34 heavy (non-hydrogen) atoms. The minimum Gasteiger partial charge on any atom is -0.466 e. The number of benzene rings is 2. The van der Waals surface area contributed by atoms with Crippen LogP contribution < -0.4 is 0 Å². The quantitative estimate of drug-likeness (QED) is 0.273. The molecular formula is C29H35NO4. The Labute approximate surface area is 203 Å². The summed E-state index contributed by atoms with van der Waals surface area (Å²) in [6.45, 7) is 13.9. The first-order chi connectivity index (χ1) is 16.4. The van der Waals surface area contributed by atoms with Crippen LogP contribution in [0.4, 0.5) is 0 Å². The molecule has 0 saturated heterocycles. The Balaban J connectivity index is 2.31. The van der Waals surface area contributed by atoms with Crippen molar-refractivity contribution in [1.82, 2.24) is 4.90 Å². The highest BCUT2D eigenvalue weighted by atomic mass is 16.5. The van der Waals surface area contributed by atoms with Crippen LogP contribution >= 0.6 is 0 Å². The van der Waals surface area contributed by atoms with E-state index < -0.39 is 5.97 Å². The zero-order chi connectivity index (χ0) is 24.8. The number of carbonyl (C=O) groups is 2. The van der Waals surface area contributed by atoms with Crippen molar-refractivity contribution in [3.05, 3.63) is 97.1 Å². The highest BCUT2D eigenvalue weighted by Crippen LogP contribution is 2.22. The third kappa shape index (κ3) is 9.20. The van der Waals surface area contributed by atoms with Gasteiger partial charge in [0.15, 0.2) is 0 Å². The fourth-order valence-electron chi connectivity index (χ4n) is 3.59. The van der Waals surface area contributed by atoms with Crippen molar-refractivity contribution < 1.29 is 19.1 Å². The van der Waals surface area contributed by atoms with E-state index in [1.165, 1.54) is 6.08 Å². The van der Waals surface area contributed by atoms with Crippen LogP contribution in [0.15, 0.2) is 86.0 Å². The van der Waals surface area contributed by atoms with Crippen LogP contribution in [0.3, 0.4) is 0 Å². The van der Waals surface area contributed by atoms with Crippen molar-refractivity contribution >= 4 is 23.1 Å². The number of esters is 2. The molecule has 0 aromatic heterocycles. The fourth-order valence-corrected chi connectivity index (χ4v) is 3.59. The summed E-state index contributed by atoms with van der Waals surface area (Å²) in [5.74, 6) is -0.673. The number of carbonyl (C=O) groups excluding carboxylic acids is 2. The lowest BCUT2D eigenvalue weighted by Crippen LogP contribution is -2.37. The Morgan fingerprint density at radius 3 is 1.82 bits per heavy atom. The van der Waals surface area contributed by atoms with Crippen LogP contribution in [0.2, 0.25) is 0 Å². The largest absolute Gasteiger partial charge is 0.466 e. The molecule has 0 amide bonds. The Bertz CT molecular complexity index is 913. The van der Waals surface area contributed by atoms with Crippen molar-refractivity contribution in [2.45, 2.75) is 32.7 Å². The molecule has 0 aliphatic rings. The molecule has 1 unspecified atom stereocenters. The fraction of sp³-hybridized carbons (Fsp3) is 0.310. The van der Waals surface area contributed by atoms with E-state index in [1.54, 1.807) is 19.9 Å². The molecule has 5 heteroatoms. The molecule has 0 spiro atoms. The monoisotopic (exact) mass is 461 g/mol. The van der Waals surface area contributed by atoms with Crippen molar-refractivity contribution in [3.63, 3.8) is 0 Å². The summed E-state index contributed by atoms with van der Waals surface area (Å²) >= 11 is 0. The molecule has 1 atom stereocenters. The van der Waals surface area contributed by atoms with Gasteiger partial charge in [-0.25, -0.2) is 4.79 Å². The molecule has 180 valence electrons. The smallest absolute Gasteiger partial charge is 0.330 e. The lowest BCUT2D eigenvalue weighted by molar-refractivity contribution is -0.143. The van der Waals surface area contributed by atoms with E-state index in [0.29, 0.717) is 32.7 Å². The molecule has 0 saturated carbocycles. The van der Waals surface area contributed by atoms with Gasteiger partial charge < -0.3 is 9.47 Å². The van der Waals surface area contributed by atoms with Gasteiger partial charge in [0.25, 0.3) is 0 Å². The van der Waals surface area contributed by atoms with Gasteiger partial charge >= 0.3 is 11.9 Å². The van der Waals surface area contributed by atoms with E-state index in [9.17, 15) is 9.59 Å². The summed E-state index contributed by atoms with van der Waals surface area (Å²) in [6, 6.07) is 19.7. The van der Waals surface area contributed by atoms with E-state index in [4.69, 9.17) is 9.47 Å². The van der Waals surface area contributed by atoms with Gasteiger partial charge in [0.1, 0.15) is 0 Å². The summed E-state index contributed by atoms with van der Waals surface area (Å²) in [5.41, 5.74) is 3.95. The van der Waals surface area contributed by atoms with Gasteiger partial charge in [0.2, 0.25) is 0 Å². The summed E-state index contributed by atoms with van der Waals surface area (Å²) in [5, 5.41) is 0. The molecule has 0 aliphatic heterocycles. The van der Waals surface area contributed by atoms with Gasteiger partial charge in [0.05, 0.1) is 13.2 Å². The third-order valence-electron chi connectivity index (χ3n) is 5.31. The topological polar surface area (TPSA) is 55.8 Å². The Hall–Kier alpha value is -3.44. The Kier molecular flexibility index (Phi) is 11.6. The van der Waals surface area contributed by atoms with Crippen LogP contribution in [0.1, 0.15) is 37.8 Å². The predicted octanol–water partition coefficient (Wildman–Crippen LogP) is 5.55. The maximum Gasteiger partial charge on any atom is 0.330 e. The molecule has 0 N–H and O–H groups in total. The van der Waals surface area contributed by atoms with E-state index in [-0.39, 0.29) is 18.4 Å². The van der Waals surface area contributed by atoms with Crippen molar-refractivity contribution in [2.75, 3.05) is 26.3 Å². The van der Waals surface area contributed by atoms with Crippen molar-refractivity contribution in [2.24, 2.45) is 0 Å². The average molecular weight is 462 g/mol. The summed E-state index contributed by atoms with van der Waals surface area (Å²) < 4.78 is 10.2. The molecule has 0 heterocycles. The number of ether oxygens (including phenoxy) is 2. The second kappa shape index (κ2) is 14.7. The van der Waals surface area contributed by atoms with Gasteiger partial charge in [-0.1, -0.05) is 79.9 Å². The first-order valence-electron chi connectivity index (χ1n) is 11.7. The van der Waals surface area contributed by atoms with Crippen LogP contribution in [0, 0.1) is 0 Å². The zero-order valence-electron chi connectivity index (χ0n) is 20.2. The van der Waals surface area contributed by atoms with Gasteiger partial charge in [0, 0.05) is 31.6 Å². The molecule has 0 aliphatic carbocycles. The molecule has 0 fully saturated rings. The maximum absolute atomic E-state index is 12.1. The Morgan fingerprint density at radius 1 is 0.853 bits per heavy atom. The standard InChI is InChI=1S/C29H35NO4/c1-5-33-28(31)19-17-27(18-20-29(32)34-6-2)30(21-23(3)25-13-9-7-10-14-25)22-24(4)26-15-11-8-12-16-26/h7-17,19,27H,3-6,18,20-22H2,1-2H3/b19-17+. The van der Waals surface area contributed by atoms with E-state index >= 15 is 0 Å². The molecule has 0 bridgehead atoms. The zero-order valence-corrected chi connectivity index (χ0v) is 20.2. The molecule has 2 aromatic rings. The van der Waals surface area contributed by atoms with Gasteiger partial charge in [-0.15, -0.1) is 0 Å². The van der Waals surface area contributed by atoms with Crippen LogP contribution in [0.5, 0.6) is 0 Å². The van der Waals surface area contributed by atoms with Crippen LogP contribution in [-0.2, 0) is 19.1 Å². The minimum absolute atomic E-state index is 0.227.